The van der Waals surface area contributed by atoms with E-state index in [9.17, 15) is 22.8 Å². The quantitative estimate of drug-likeness (QED) is 0.680. The Bertz CT molecular complexity index is 1210. The third-order valence-electron chi connectivity index (χ3n) is 4.99. The van der Waals surface area contributed by atoms with Crippen LogP contribution in [0.25, 0.3) is 10.8 Å². The minimum absolute atomic E-state index is 0.0276. The van der Waals surface area contributed by atoms with Crippen LogP contribution in [-0.2, 0) is 11.3 Å². The maximum absolute atomic E-state index is 13.9. The van der Waals surface area contributed by atoms with Gasteiger partial charge in [0.1, 0.15) is 5.82 Å². The lowest BCUT2D eigenvalue weighted by molar-refractivity contribution is 0.0335. The number of hydrogen-bond donors (Lipinski definition) is 1. The summed E-state index contributed by atoms with van der Waals surface area (Å²) in [4.78, 5) is 29.2. The molecule has 2 aromatic carbocycles. The zero-order chi connectivity index (χ0) is 20.9. The predicted molar refractivity (Wildman–Crippen MR) is 100 cm³/mol. The molecular formula is C20H14ClF3N2O3. The number of fused-ring (bicyclic) bond motifs is 3. The standard InChI is InChI=1S/C20H14ClF3N2O3/c1-26(20(28)9-2-3-13(22)12(21)4-9)17-8-29-7-16-18(17)10-5-14(23)15(24)6-11(10)19(27)25-16/h2-6,17H,7-8H2,1H3,(H,25,27)/t17-/m1/s1. The van der Waals surface area contributed by atoms with Crippen molar-refractivity contribution in [3.05, 3.63) is 80.0 Å². The van der Waals surface area contributed by atoms with E-state index in [1.807, 2.05) is 0 Å². The van der Waals surface area contributed by atoms with Crippen molar-refractivity contribution in [3.63, 3.8) is 0 Å². The van der Waals surface area contributed by atoms with Gasteiger partial charge in [-0.2, -0.15) is 0 Å². The van der Waals surface area contributed by atoms with E-state index in [1.165, 1.54) is 24.1 Å². The lowest BCUT2D eigenvalue weighted by Crippen LogP contribution is -2.37. The Hall–Kier alpha value is -2.84. The van der Waals surface area contributed by atoms with Crippen LogP contribution < -0.4 is 5.56 Å². The summed E-state index contributed by atoms with van der Waals surface area (Å²) in [7, 11) is 1.50. The van der Waals surface area contributed by atoms with E-state index in [2.05, 4.69) is 4.98 Å². The molecule has 1 aromatic heterocycles. The number of pyridine rings is 1. The summed E-state index contributed by atoms with van der Waals surface area (Å²) in [6.45, 7) is 0.130. The number of likely N-dealkylation sites (N-methyl/N-ethyl adjacent to an activating group) is 1. The average Bonchev–Trinajstić information content (AvgIpc) is 2.70. The van der Waals surface area contributed by atoms with Crippen LogP contribution in [-0.4, -0.2) is 29.4 Å². The second kappa shape index (κ2) is 7.20. The number of H-pyrrole nitrogens is 1. The Morgan fingerprint density at radius 2 is 1.83 bits per heavy atom. The number of hydrogen-bond acceptors (Lipinski definition) is 3. The highest BCUT2D eigenvalue weighted by molar-refractivity contribution is 6.31. The number of aromatic nitrogens is 1. The number of carbonyl (C=O) groups excluding carboxylic acids is 1. The number of halogens is 4. The number of nitrogens with zero attached hydrogens (tertiary/aromatic N) is 1. The second-order valence-corrected chi connectivity index (χ2v) is 7.14. The molecule has 4 rings (SSSR count). The summed E-state index contributed by atoms with van der Waals surface area (Å²) in [6.07, 6.45) is 0. The molecule has 1 N–H and O–H groups in total. The summed E-state index contributed by atoms with van der Waals surface area (Å²) in [5, 5.41) is -0.0233. The Morgan fingerprint density at radius 1 is 1.14 bits per heavy atom. The molecule has 1 aliphatic rings. The van der Waals surface area contributed by atoms with Crippen molar-refractivity contribution >= 4 is 28.3 Å². The van der Waals surface area contributed by atoms with Gasteiger partial charge in [0.05, 0.1) is 29.7 Å². The predicted octanol–water partition coefficient (Wildman–Crippen LogP) is 3.94. The maximum Gasteiger partial charge on any atom is 0.256 e. The molecule has 0 saturated heterocycles. The molecule has 0 fully saturated rings. The van der Waals surface area contributed by atoms with Crippen LogP contribution in [0.5, 0.6) is 0 Å². The third-order valence-corrected chi connectivity index (χ3v) is 5.28. The van der Waals surface area contributed by atoms with Gasteiger partial charge in [0.2, 0.25) is 0 Å². The van der Waals surface area contributed by atoms with Crippen molar-refractivity contribution in [1.29, 1.82) is 0 Å². The van der Waals surface area contributed by atoms with Crippen LogP contribution >= 0.6 is 11.6 Å². The van der Waals surface area contributed by atoms with Crippen molar-refractivity contribution in [2.45, 2.75) is 12.6 Å². The summed E-state index contributed by atoms with van der Waals surface area (Å²) in [5.41, 5.74) is 0.411. The van der Waals surface area contributed by atoms with Gasteiger partial charge in [-0.15, -0.1) is 0 Å². The molecule has 3 aromatic rings. The highest BCUT2D eigenvalue weighted by Gasteiger charge is 2.31. The molecular weight excluding hydrogens is 409 g/mol. The van der Waals surface area contributed by atoms with Crippen molar-refractivity contribution in [3.8, 4) is 0 Å². The molecule has 150 valence electrons. The Labute approximate surface area is 167 Å². The van der Waals surface area contributed by atoms with Crippen LogP contribution in [0, 0.1) is 17.5 Å². The SMILES string of the molecule is CN(C(=O)c1ccc(F)c(Cl)c1)[C@@H]1COCc2[nH]c(=O)c3cc(F)c(F)cc3c21. The number of carbonyl (C=O) groups is 1. The normalized spacial score (nSPS) is 16.0. The molecule has 0 radical (unpaired) electrons. The molecule has 1 atom stereocenters. The zero-order valence-electron chi connectivity index (χ0n) is 15.1. The van der Waals surface area contributed by atoms with Gasteiger partial charge >= 0.3 is 0 Å². The van der Waals surface area contributed by atoms with Crippen LogP contribution in [0.15, 0.2) is 35.1 Å². The maximum atomic E-state index is 13.9. The first kappa shape index (κ1) is 19.5. The number of aromatic amines is 1. The van der Waals surface area contributed by atoms with Gasteiger partial charge in [0.25, 0.3) is 11.5 Å². The molecule has 0 spiro atoms. The van der Waals surface area contributed by atoms with Gasteiger partial charge in [-0.25, -0.2) is 13.2 Å². The number of amides is 1. The van der Waals surface area contributed by atoms with E-state index < -0.39 is 35.0 Å². The third kappa shape index (κ3) is 3.28. The highest BCUT2D eigenvalue weighted by atomic mass is 35.5. The smallest absolute Gasteiger partial charge is 0.256 e. The molecule has 5 nitrogen and oxygen atoms in total. The lowest BCUT2D eigenvalue weighted by atomic mass is 9.95. The molecule has 1 amide bonds. The van der Waals surface area contributed by atoms with Gasteiger partial charge in [0, 0.05) is 23.9 Å². The first-order valence-corrected chi connectivity index (χ1v) is 8.99. The Kier molecular flexibility index (Phi) is 4.84. The topological polar surface area (TPSA) is 62.4 Å². The Morgan fingerprint density at radius 3 is 2.52 bits per heavy atom. The first-order valence-electron chi connectivity index (χ1n) is 8.61. The molecule has 9 heteroatoms. The van der Waals surface area contributed by atoms with Gasteiger partial charge in [-0.3, -0.25) is 9.59 Å². The fraction of sp³-hybridized carbons (Fsp3) is 0.200. The summed E-state index contributed by atoms with van der Waals surface area (Å²) >= 11 is 5.77. The number of nitrogens with one attached hydrogen (secondary N) is 1. The van der Waals surface area contributed by atoms with Gasteiger partial charge in [0.15, 0.2) is 11.6 Å². The van der Waals surface area contributed by atoms with Crippen molar-refractivity contribution in [2.75, 3.05) is 13.7 Å². The number of benzene rings is 2. The summed E-state index contributed by atoms with van der Waals surface area (Å²) in [5.74, 6) is -3.37. The molecule has 1 aliphatic heterocycles. The lowest BCUT2D eigenvalue weighted by Gasteiger charge is -2.34. The minimum atomic E-state index is -1.14. The van der Waals surface area contributed by atoms with E-state index in [0.717, 1.165) is 18.2 Å². The van der Waals surface area contributed by atoms with Crippen molar-refractivity contribution in [2.24, 2.45) is 0 Å². The van der Waals surface area contributed by atoms with Crippen LogP contribution in [0.2, 0.25) is 5.02 Å². The molecule has 0 unspecified atom stereocenters. The molecule has 0 bridgehead atoms. The molecule has 0 aliphatic carbocycles. The fourth-order valence-electron chi connectivity index (χ4n) is 3.52. The van der Waals surface area contributed by atoms with Gasteiger partial charge < -0.3 is 14.6 Å². The monoisotopic (exact) mass is 422 g/mol. The van der Waals surface area contributed by atoms with Crippen molar-refractivity contribution < 1.29 is 22.7 Å². The van der Waals surface area contributed by atoms with Crippen LogP contribution in [0.3, 0.4) is 0 Å². The Balaban J connectivity index is 1.84. The van der Waals surface area contributed by atoms with E-state index in [1.54, 1.807) is 0 Å². The second-order valence-electron chi connectivity index (χ2n) is 6.73. The molecule has 0 saturated carbocycles. The average molecular weight is 423 g/mol. The number of rotatable bonds is 2. The highest BCUT2D eigenvalue weighted by Crippen LogP contribution is 2.34. The van der Waals surface area contributed by atoms with Crippen molar-refractivity contribution in [1.82, 2.24) is 9.88 Å². The molecule has 29 heavy (non-hydrogen) atoms. The molecule has 2 heterocycles. The van der Waals surface area contributed by atoms with Gasteiger partial charge in [-0.1, -0.05) is 11.6 Å². The largest absolute Gasteiger partial charge is 0.373 e. The van der Waals surface area contributed by atoms with Crippen LogP contribution in [0.4, 0.5) is 13.2 Å². The van der Waals surface area contributed by atoms with E-state index in [0.29, 0.717) is 11.3 Å². The summed E-state index contributed by atoms with van der Waals surface area (Å²) < 4.78 is 46.5. The van der Waals surface area contributed by atoms with E-state index in [4.69, 9.17) is 16.3 Å². The van der Waals surface area contributed by atoms with E-state index >= 15 is 0 Å². The first-order chi connectivity index (χ1) is 13.8. The zero-order valence-corrected chi connectivity index (χ0v) is 15.8. The fourth-order valence-corrected chi connectivity index (χ4v) is 3.70. The minimum Gasteiger partial charge on any atom is -0.373 e. The van der Waals surface area contributed by atoms with E-state index in [-0.39, 0.29) is 34.6 Å². The van der Waals surface area contributed by atoms with Gasteiger partial charge in [-0.05, 0) is 35.7 Å². The number of ether oxygens (including phenoxy) is 1. The van der Waals surface area contributed by atoms with Crippen LogP contribution in [0.1, 0.15) is 27.7 Å². The summed E-state index contributed by atoms with van der Waals surface area (Å²) in [6, 6.07) is 4.67.